The van der Waals surface area contributed by atoms with E-state index in [0.717, 1.165) is 23.6 Å². The molecule has 8 heteroatoms. The van der Waals surface area contributed by atoms with Gasteiger partial charge in [0.25, 0.3) is 10.0 Å². The molecule has 33 heavy (non-hydrogen) atoms. The molecule has 2 saturated heterocycles. The standard InChI is InChI=1S/C25H30N2O5S/c1-18-16-21(8-10-23(18)32-2)33(30,31)27-22(9-11-24(27)28)25(29)26-14-12-20(13-15-26)17-19-6-4-3-5-7-19/h3-8,10,16,20,22H,9,11-15,17H2,1-2H3/t22-/m0/s1. The first kappa shape index (κ1) is 23.3. The first-order valence-corrected chi connectivity index (χ1v) is 12.8. The van der Waals surface area contributed by atoms with Crippen molar-refractivity contribution in [2.45, 2.75) is 50.0 Å². The molecular formula is C25H30N2O5S. The third kappa shape index (κ3) is 4.76. The Hall–Kier alpha value is -2.87. The number of carbonyl (C=O) groups is 2. The summed E-state index contributed by atoms with van der Waals surface area (Å²) >= 11 is 0. The Morgan fingerprint density at radius 2 is 1.76 bits per heavy atom. The van der Waals surface area contributed by atoms with Crippen LogP contribution in [0.25, 0.3) is 0 Å². The summed E-state index contributed by atoms with van der Waals surface area (Å²) in [5.41, 5.74) is 1.93. The van der Waals surface area contributed by atoms with Crippen molar-refractivity contribution in [3.63, 3.8) is 0 Å². The lowest BCUT2D eigenvalue weighted by molar-refractivity contribution is -0.139. The van der Waals surface area contributed by atoms with Crippen LogP contribution in [-0.2, 0) is 26.0 Å². The van der Waals surface area contributed by atoms with Crippen molar-refractivity contribution in [2.24, 2.45) is 5.92 Å². The monoisotopic (exact) mass is 470 g/mol. The number of sulfonamides is 1. The third-order valence-electron chi connectivity index (χ3n) is 6.66. The molecule has 2 aliphatic rings. The Labute approximate surface area is 195 Å². The summed E-state index contributed by atoms with van der Waals surface area (Å²) < 4.78 is 32.7. The van der Waals surface area contributed by atoms with Gasteiger partial charge in [-0.25, -0.2) is 12.7 Å². The minimum atomic E-state index is -4.14. The van der Waals surface area contributed by atoms with E-state index in [2.05, 4.69) is 12.1 Å². The minimum Gasteiger partial charge on any atom is -0.496 e. The Morgan fingerprint density at radius 3 is 2.39 bits per heavy atom. The van der Waals surface area contributed by atoms with Crippen LogP contribution in [0.2, 0.25) is 0 Å². The first-order valence-electron chi connectivity index (χ1n) is 11.4. The Kier molecular flexibility index (Phi) is 6.74. The van der Waals surface area contributed by atoms with Crippen LogP contribution in [0.5, 0.6) is 5.75 Å². The first-order chi connectivity index (χ1) is 15.8. The maximum atomic E-state index is 13.3. The SMILES string of the molecule is COc1ccc(S(=O)(=O)N2C(=O)CC[C@H]2C(=O)N2CCC(Cc3ccccc3)CC2)cc1C. The van der Waals surface area contributed by atoms with Gasteiger partial charge in [-0.05, 0) is 67.9 Å². The van der Waals surface area contributed by atoms with Crippen LogP contribution in [0.4, 0.5) is 0 Å². The Morgan fingerprint density at radius 1 is 1.06 bits per heavy atom. The highest BCUT2D eigenvalue weighted by atomic mass is 32.2. The average molecular weight is 471 g/mol. The minimum absolute atomic E-state index is 0.00424. The molecule has 2 heterocycles. The van der Waals surface area contributed by atoms with Gasteiger partial charge in [0.2, 0.25) is 11.8 Å². The van der Waals surface area contributed by atoms with Gasteiger partial charge in [0.15, 0.2) is 0 Å². The van der Waals surface area contributed by atoms with E-state index in [9.17, 15) is 18.0 Å². The van der Waals surface area contributed by atoms with Gasteiger partial charge in [-0.15, -0.1) is 0 Å². The zero-order valence-corrected chi connectivity index (χ0v) is 19.9. The molecule has 0 saturated carbocycles. The van der Waals surface area contributed by atoms with Crippen LogP contribution in [0.3, 0.4) is 0 Å². The number of hydrogen-bond donors (Lipinski definition) is 0. The number of carbonyl (C=O) groups excluding carboxylic acids is 2. The second-order valence-electron chi connectivity index (χ2n) is 8.84. The maximum Gasteiger partial charge on any atom is 0.267 e. The normalized spacial score (nSPS) is 19.7. The molecule has 7 nitrogen and oxygen atoms in total. The number of methoxy groups -OCH3 is 1. The van der Waals surface area contributed by atoms with Gasteiger partial charge in [0, 0.05) is 19.5 Å². The molecule has 2 aromatic rings. The molecule has 2 aliphatic heterocycles. The lowest BCUT2D eigenvalue weighted by Gasteiger charge is -2.35. The maximum absolute atomic E-state index is 13.3. The quantitative estimate of drug-likeness (QED) is 0.648. The number of ether oxygens (including phenoxy) is 1. The molecule has 2 fully saturated rings. The number of amides is 2. The van der Waals surface area contributed by atoms with Crippen molar-refractivity contribution in [3.8, 4) is 5.75 Å². The molecule has 176 valence electrons. The molecule has 0 unspecified atom stereocenters. The average Bonchev–Trinajstić information content (AvgIpc) is 3.22. The third-order valence-corrected chi connectivity index (χ3v) is 8.49. The largest absolute Gasteiger partial charge is 0.496 e. The van der Waals surface area contributed by atoms with E-state index in [1.165, 1.54) is 24.8 Å². The summed E-state index contributed by atoms with van der Waals surface area (Å²) in [4.78, 5) is 27.6. The molecule has 0 N–H and O–H groups in total. The van der Waals surface area contributed by atoms with Gasteiger partial charge in [-0.1, -0.05) is 30.3 Å². The van der Waals surface area contributed by atoms with Gasteiger partial charge >= 0.3 is 0 Å². The Bertz CT molecular complexity index is 1120. The second kappa shape index (κ2) is 9.55. The molecule has 2 aromatic carbocycles. The fraction of sp³-hybridized carbons (Fsp3) is 0.440. The molecule has 1 atom stereocenters. The predicted octanol–water partition coefficient (Wildman–Crippen LogP) is 3.16. The van der Waals surface area contributed by atoms with Crippen LogP contribution in [0.15, 0.2) is 53.4 Å². The lowest BCUT2D eigenvalue weighted by atomic mass is 9.90. The van der Waals surface area contributed by atoms with E-state index in [1.807, 2.05) is 18.2 Å². The lowest BCUT2D eigenvalue weighted by Crippen LogP contribution is -2.51. The summed E-state index contributed by atoms with van der Waals surface area (Å²) in [6, 6.07) is 13.8. The number of rotatable bonds is 6. The number of benzene rings is 2. The van der Waals surface area contributed by atoms with Crippen LogP contribution in [0, 0.1) is 12.8 Å². The van der Waals surface area contributed by atoms with Gasteiger partial charge < -0.3 is 9.64 Å². The van der Waals surface area contributed by atoms with Crippen LogP contribution < -0.4 is 4.74 Å². The highest BCUT2D eigenvalue weighted by Gasteiger charge is 2.46. The Balaban J connectivity index is 1.46. The van der Waals surface area contributed by atoms with E-state index in [4.69, 9.17) is 4.74 Å². The molecule has 0 aliphatic carbocycles. The van der Waals surface area contributed by atoms with Crippen molar-refractivity contribution < 1.29 is 22.7 Å². The fourth-order valence-corrected chi connectivity index (χ4v) is 6.51. The van der Waals surface area contributed by atoms with E-state index in [0.29, 0.717) is 30.3 Å². The van der Waals surface area contributed by atoms with Crippen molar-refractivity contribution in [2.75, 3.05) is 20.2 Å². The highest BCUT2D eigenvalue weighted by molar-refractivity contribution is 7.89. The smallest absolute Gasteiger partial charge is 0.267 e. The summed E-state index contributed by atoms with van der Waals surface area (Å²) in [5, 5.41) is 0. The molecular weight excluding hydrogens is 440 g/mol. The van der Waals surface area contributed by atoms with E-state index in [1.54, 1.807) is 17.9 Å². The summed E-state index contributed by atoms with van der Waals surface area (Å²) in [7, 11) is -2.63. The van der Waals surface area contributed by atoms with Crippen LogP contribution in [-0.4, -0.2) is 55.7 Å². The number of aryl methyl sites for hydroxylation is 1. The van der Waals surface area contributed by atoms with Crippen molar-refractivity contribution in [1.82, 2.24) is 9.21 Å². The van der Waals surface area contributed by atoms with Gasteiger partial charge in [0.1, 0.15) is 11.8 Å². The van der Waals surface area contributed by atoms with Gasteiger partial charge in [0.05, 0.1) is 12.0 Å². The summed E-state index contributed by atoms with van der Waals surface area (Å²) in [6.45, 7) is 2.90. The van der Waals surface area contributed by atoms with Gasteiger partial charge in [-0.3, -0.25) is 9.59 Å². The fourth-order valence-electron chi connectivity index (χ4n) is 4.83. The van der Waals surface area contributed by atoms with E-state index in [-0.39, 0.29) is 23.6 Å². The number of hydrogen-bond acceptors (Lipinski definition) is 5. The number of piperidine rings is 1. The summed E-state index contributed by atoms with van der Waals surface area (Å²) in [6.07, 6.45) is 2.98. The number of likely N-dealkylation sites (tertiary alicyclic amines) is 1. The van der Waals surface area contributed by atoms with E-state index >= 15 is 0 Å². The number of nitrogens with zero attached hydrogens (tertiary/aromatic N) is 2. The molecule has 2 amide bonds. The second-order valence-corrected chi connectivity index (χ2v) is 10.7. The topological polar surface area (TPSA) is 84.0 Å². The predicted molar refractivity (Wildman–Crippen MR) is 124 cm³/mol. The van der Waals surface area contributed by atoms with E-state index < -0.39 is 22.0 Å². The molecule has 0 aromatic heterocycles. The zero-order chi connectivity index (χ0) is 23.6. The molecule has 0 radical (unpaired) electrons. The van der Waals surface area contributed by atoms with Crippen molar-refractivity contribution >= 4 is 21.8 Å². The van der Waals surface area contributed by atoms with Gasteiger partial charge in [-0.2, -0.15) is 0 Å². The van der Waals surface area contributed by atoms with Crippen LogP contribution in [0.1, 0.15) is 36.8 Å². The van der Waals surface area contributed by atoms with Crippen molar-refractivity contribution in [3.05, 3.63) is 59.7 Å². The molecule has 4 rings (SSSR count). The highest BCUT2D eigenvalue weighted by Crippen LogP contribution is 2.32. The van der Waals surface area contributed by atoms with Crippen LogP contribution >= 0.6 is 0 Å². The van der Waals surface area contributed by atoms with Crippen molar-refractivity contribution in [1.29, 1.82) is 0 Å². The zero-order valence-electron chi connectivity index (χ0n) is 19.1. The summed E-state index contributed by atoms with van der Waals surface area (Å²) in [5.74, 6) is 0.255. The molecule has 0 bridgehead atoms. The molecule has 0 spiro atoms.